The molecule has 0 saturated carbocycles. The number of piperidine rings is 1. The largest absolute Gasteiger partial charge is 0.378 e. The molecule has 0 aliphatic carbocycles. The Balaban J connectivity index is 1.58. The Morgan fingerprint density at radius 3 is 2.60 bits per heavy atom. The lowest BCUT2D eigenvalue weighted by Gasteiger charge is -2.29. The van der Waals surface area contributed by atoms with Gasteiger partial charge in [0.15, 0.2) is 0 Å². The van der Waals surface area contributed by atoms with E-state index in [0.29, 0.717) is 17.0 Å². The van der Waals surface area contributed by atoms with Gasteiger partial charge in [0, 0.05) is 31.9 Å². The minimum Gasteiger partial charge on any atom is -0.378 e. The number of fused-ring (bicyclic) bond motifs is 1. The molecule has 2 fully saturated rings. The van der Waals surface area contributed by atoms with Gasteiger partial charge in [-0.05, 0) is 37.0 Å². The summed E-state index contributed by atoms with van der Waals surface area (Å²) in [6.07, 6.45) is 2.07. The average molecular weight is 341 g/mol. The van der Waals surface area contributed by atoms with Gasteiger partial charge in [0.05, 0.1) is 18.7 Å². The van der Waals surface area contributed by atoms with Crippen molar-refractivity contribution in [1.29, 1.82) is 0 Å². The number of benzene rings is 1. The maximum absolute atomic E-state index is 12.7. The Hall–Kier alpha value is -2.28. The van der Waals surface area contributed by atoms with E-state index >= 15 is 0 Å². The van der Waals surface area contributed by atoms with Crippen molar-refractivity contribution in [2.45, 2.75) is 19.8 Å². The van der Waals surface area contributed by atoms with Crippen LogP contribution in [-0.2, 0) is 4.74 Å². The van der Waals surface area contributed by atoms with Crippen LogP contribution in [0.25, 0.3) is 11.0 Å². The fraction of sp³-hybridized carbons (Fsp3) is 0.556. The molecule has 2 aromatic rings. The lowest BCUT2D eigenvalue weighted by atomic mass is 9.99. The zero-order valence-electron chi connectivity index (χ0n) is 14.5. The molecule has 4 rings (SSSR count). The minimum atomic E-state index is -0.113. The molecule has 1 aromatic carbocycles. The normalized spacial score (nSPS) is 19.4. The van der Waals surface area contributed by atoms with Crippen molar-refractivity contribution >= 4 is 22.6 Å². The first-order valence-electron chi connectivity index (χ1n) is 8.97. The van der Waals surface area contributed by atoms with Gasteiger partial charge in [-0.3, -0.25) is 4.79 Å². The number of anilines is 1. The summed E-state index contributed by atoms with van der Waals surface area (Å²) in [6.45, 7) is 6.96. The SMILES string of the molecule is CC1CCN(C(=O)c2nnc3ccc(N4CCOCC4)cc3n2)CC1. The molecule has 1 aromatic heterocycles. The van der Waals surface area contributed by atoms with E-state index in [2.05, 4.69) is 27.0 Å². The summed E-state index contributed by atoms with van der Waals surface area (Å²) in [5.41, 5.74) is 2.51. The van der Waals surface area contributed by atoms with Crippen LogP contribution in [0.2, 0.25) is 0 Å². The van der Waals surface area contributed by atoms with Crippen molar-refractivity contribution in [3.05, 3.63) is 24.0 Å². The highest BCUT2D eigenvalue weighted by atomic mass is 16.5. The zero-order valence-corrected chi connectivity index (χ0v) is 14.5. The molecular weight excluding hydrogens is 318 g/mol. The van der Waals surface area contributed by atoms with Gasteiger partial charge in [0.1, 0.15) is 5.52 Å². The van der Waals surface area contributed by atoms with Gasteiger partial charge in [0.2, 0.25) is 5.82 Å². The number of ether oxygens (including phenoxy) is 1. The van der Waals surface area contributed by atoms with Crippen LogP contribution in [0.3, 0.4) is 0 Å². The van der Waals surface area contributed by atoms with Gasteiger partial charge in [-0.2, -0.15) is 0 Å². The van der Waals surface area contributed by atoms with Crippen molar-refractivity contribution < 1.29 is 9.53 Å². The van der Waals surface area contributed by atoms with Crippen LogP contribution < -0.4 is 4.90 Å². The van der Waals surface area contributed by atoms with E-state index < -0.39 is 0 Å². The second kappa shape index (κ2) is 6.92. The predicted molar refractivity (Wildman–Crippen MR) is 94.7 cm³/mol. The van der Waals surface area contributed by atoms with Crippen molar-refractivity contribution in [2.24, 2.45) is 5.92 Å². The third-order valence-corrected chi connectivity index (χ3v) is 5.08. The molecule has 1 amide bonds. The molecule has 2 aliphatic heterocycles. The van der Waals surface area contributed by atoms with Gasteiger partial charge >= 0.3 is 0 Å². The van der Waals surface area contributed by atoms with Crippen LogP contribution >= 0.6 is 0 Å². The molecule has 132 valence electrons. The number of amides is 1. The molecule has 0 unspecified atom stereocenters. The van der Waals surface area contributed by atoms with Crippen molar-refractivity contribution in [3.8, 4) is 0 Å². The standard InChI is InChI=1S/C18H23N5O2/c1-13-4-6-23(7-5-13)18(24)17-19-16-12-14(2-3-15(16)20-21-17)22-8-10-25-11-9-22/h2-3,12-13H,4-11H2,1H3. The Morgan fingerprint density at radius 1 is 1.08 bits per heavy atom. The smallest absolute Gasteiger partial charge is 0.293 e. The summed E-state index contributed by atoms with van der Waals surface area (Å²) < 4.78 is 5.40. The number of likely N-dealkylation sites (tertiary alicyclic amines) is 1. The van der Waals surface area contributed by atoms with Crippen LogP contribution in [0.5, 0.6) is 0 Å². The van der Waals surface area contributed by atoms with E-state index in [4.69, 9.17) is 4.74 Å². The fourth-order valence-electron chi connectivity index (χ4n) is 3.39. The molecular formula is C18H23N5O2. The lowest BCUT2D eigenvalue weighted by Crippen LogP contribution is -2.38. The summed E-state index contributed by atoms with van der Waals surface area (Å²) in [5.74, 6) is 0.759. The van der Waals surface area contributed by atoms with Crippen LogP contribution in [0.1, 0.15) is 30.4 Å². The highest BCUT2D eigenvalue weighted by Gasteiger charge is 2.24. The number of aromatic nitrogens is 3. The van der Waals surface area contributed by atoms with Gasteiger partial charge in [0.25, 0.3) is 5.91 Å². The molecule has 3 heterocycles. The van der Waals surface area contributed by atoms with Gasteiger partial charge < -0.3 is 14.5 Å². The van der Waals surface area contributed by atoms with E-state index in [1.165, 1.54) is 0 Å². The number of carbonyl (C=O) groups is 1. The Kier molecular flexibility index (Phi) is 4.48. The summed E-state index contributed by atoms with van der Waals surface area (Å²) >= 11 is 0. The number of nitrogens with zero attached hydrogens (tertiary/aromatic N) is 5. The molecule has 0 bridgehead atoms. The maximum Gasteiger partial charge on any atom is 0.293 e. The lowest BCUT2D eigenvalue weighted by molar-refractivity contribution is 0.0684. The quantitative estimate of drug-likeness (QED) is 0.828. The summed E-state index contributed by atoms with van der Waals surface area (Å²) in [4.78, 5) is 21.3. The molecule has 25 heavy (non-hydrogen) atoms. The van der Waals surface area contributed by atoms with Crippen LogP contribution in [0, 0.1) is 5.92 Å². The Labute approximate surface area is 147 Å². The highest BCUT2D eigenvalue weighted by molar-refractivity contribution is 5.92. The molecule has 7 nitrogen and oxygen atoms in total. The zero-order chi connectivity index (χ0) is 17.2. The summed E-state index contributed by atoms with van der Waals surface area (Å²) in [5, 5.41) is 8.25. The Bertz CT molecular complexity index is 767. The van der Waals surface area contributed by atoms with Gasteiger partial charge in [-0.25, -0.2) is 4.98 Å². The first-order chi connectivity index (χ1) is 12.2. The molecule has 7 heteroatoms. The molecule has 0 radical (unpaired) electrons. The minimum absolute atomic E-state index is 0.113. The highest BCUT2D eigenvalue weighted by Crippen LogP contribution is 2.21. The van der Waals surface area contributed by atoms with E-state index in [1.807, 2.05) is 23.1 Å². The van der Waals surface area contributed by atoms with E-state index in [0.717, 1.165) is 57.9 Å². The van der Waals surface area contributed by atoms with Crippen molar-refractivity contribution in [1.82, 2.24) is 20.1 Å². The number of rotatable bonds is 2. The topological polar surface area (TPSA) is 71.5 Å². The number of carbonyl (C=O) groups excluding carboxylic acids is 1. The van der Waals surface area contributed by atoms with Crippen LogP contribution in [0.4, 0.5) is 5.69 Å². The number of morpholine rings is 1. The van der Waals surface area contributed by atoms with Gasteiger partial charge in [-0.1, -0.05) is 6.92 Å². The molecule has 2 aliphatic rings. The first kappa shape index (κ1) is 16.2. The van der Waals surface area contributed by atoms with E-state index in [-0.39, 0.29) is 11.7 Å². The third-order valence-electron chi connectivity index (χ3n) is 5.08. The maximum atomic E-state index is 12.7. The predicted octanol–water partition coefficient (Wildman–Crippen LogP) is 1.73. The third kappa shape index (κ3) is 3.42. The second-order valence-electron chi connectivity index (χ2n) is 6.88. The number of hydrogen-bond donors (Lipinski definition) is 0. The Morgan fingerprint density at radius 2 is 1.84 bits per heavy atom. The number of hydrogen-bond acceptors (Lipinski definition) is 6. The van der Waals surface area contributed by atoms with Crippen LogP contribution in [-0.4, -0.2) is 65.4 Å². The molecule has 2 saturated heterocycles. The summed E-state index contributed by atoms with van der Waals surface area (Å²) in [7, 11) is 0. The average Bonchev–Trinajstić information content (AvgIpc) is 2.68. The second-order valence-corrected chi connectivity index (χ2v) is 6.88. The molecule has 0 spiro atoms. The van der Waals surface area contributed by atoms with E-state index in [1.54, 1.807) is 0 Å². The first-order valence-corrected chi connectivity index (χ1v) is 8.97. The van der Waals surface area contributed by atoms with E-state index in [9.17, 15) is 4.79 Å². The monoisotopic (exact) mass is 341 g/mol. The fourth-order valence-corrected chi connectivity index (χ4v) is 3.39. The molecule has 0 atom stereocenters. The van der Waals surface area contributed by atoms with Crippen molar-refractivity contribution in [2.75, 3.05) is 44.3 Å². The van der Waals surface area contributed by atoms with Gasteiger partial charge in [-0.15, -0.1) is 10.2 Å². The van der Waals surface area contributed by atoms with Crippen molar-refractivity contribution in [3.63, 3.8) is 0 Å². The molecule has 0 N–H and O–H groups in total. The van der Waals surface area contributed by atoms with Crippen LogP contribution in [0.15, 0.2) is 18.2 Å². The summed E-state index contributed by atoms with van der Waals surface area (Å²) in [6, 6.07) is 5.93.